The van der Waals surface area contributed by atoms with E-state index in [2.05, 4.69) is 5.32 Å². The molecule has 3 rings (SSSR count). The second-order valence-electron chi connectivity index (χ2n) is 6.11. The zero-order chi connectivity index (χ0) is 19.1. The zero-order valence-electron chi connectivity index (χ0n) is 14.7. The number of ether oxygens (including phenoxy) is 3. The summed E-state index contributed by atoms with van der Waals surface area (Å²) < 4.78 is 29.2. The highest BCUT2D eigenvalue weighted by molar-refractivity contribution is 5.95. The van der Waals surface area contributed by atoms with Gasteiger partial charge in [-0.1, -0.05) is 6.07 Å². The molecule has 0 saturated carbocycles. The lowest BCUT2D eigenvalue weighted by atomic mass is 10.2. The maximum atomic E-state index is 13.1. The molecule has 2 aromatic rings. The third-order valence-corrected chi connectivity index (χ3v) is 3.99. The third-order valence-electron chi connectivity index (χ3n) is 3.99. The quantitative estimate of drug-likeness (QED) is 0.755. The van der Waals surface area contributed by atoms with Gasteiger partial charge in [0.15, 0.2) is 6.61 Å². The molecule has 0 aromatic heterocycles. The normalized spacial score (nSPS) is 16.0. The van der Waals surface area contributed by atoms with Gasteiger partial charge in [0.05, 0.1) is 11.7 Å². The van der Waals surface area contributed by atoms with Crippen LogP contribution >= 0.6 is 0 Å². The van der Waals surface area contributed by atoms with Crippen molar-refractivity contribution in [2.24, 2.45) is 0 Å². The molecule has 1 N–H and O–H groups in total. The van der Waals surface area contributed by atoms with Crippen molar-refractivity contribution in [1.29, 1.82) is 0 Å². The van der Waals surface area contributed by atoms with Crippen molar-refractivity contribution >= 4 is 17.6 Å². The van der Waals surface area contributed by atoms with E-state index in [4.69, 9.17) is 14.2 Å². The molecule has 0 bridgehead atoms. The number of hydrogen-bond donors (Lipinski definition) is 1. The van der Waals surface area contributed by atoms with Crippen molar-refractivity contribution in [2.75, 3.05) is 25.1 Å². The first-order valence-corrected chi connectivity index (χ1v) is 8.67. The van der Waals surface area contributed by atoms with Crippen molar-refractivity contribution < 1.29 is 28.2 Å². The van der Waals surface area contributed by atoms with Crippen molar-refractivity contribution in [3.63, 3.8) is 0 Å². The van der Waals surface area contributed by atoms with Gasteiger partial charge in [-0.05, 0) is 55.3 Å². The summed E-state index contributed by atoms with van der Waals surface area (Å²) in [6, 6.07) is 11.9. The van der Waals surface area contributed by atoms with Gasteiger partial charge in [-0.15, -0.1) is 0 Å². The average Bonchev–Trinajstić information content (AvgIpc) is 3.18. The maximum absolute atomic E-state index is 13.1. The number of esters is 1. The van der Waals surface area contributed by atoms with E-state index in [-0.39, 0.29) is 6.10 Å². The van der Waals surface area contributed by atoms with Gasteiger partial charge in [-0.2, -0.15) is 0 Å². The Morgan fingerprint density at radius 3 is 2.70 bits per heavy atom. The van der Waals surface area contributed by atoms with Crippen LogP contribution in [0.3, 0.4) is 0 Å². The number of benzene rings is 2. The van der Waals surface area contributed by atoms with Gasteiger partial charge in [0.2, 0.25) is 0 Å². The predicted molar refractivity (Wildman–Crippen MR) is 96.2 cm³/mol. The summed E-state index contributed by atoms with van der Waals surface area (Å²) in [7, 11) is 0. The number of rotatable bonds is 7. The van der Waals surface area contributed by atoms with Crippen LogP contribution in [-0.2, 0) is 14.3 Å². The summed E-state index contributed by atoms with van der Waals surface area (Å²) >= 11 is 0. The number of halogens is 1. The predicted octanol–water partition coefficient (Wildman–Crippen LogP) is 3.18. The molecule has 0 aliphatic carbocycles. The molecule has 0 radical (unpaired) electrons. The van der Waals surface area contributed by atoms with Crippen molar-refractivity contribution in [3.8, 4) is 5.75 Å². The molecular weight excluding hydrogens is 353 g/mol. The summed E-state index contributed by atoms with van der Waals surface area (Å²) in [6.45, 7) is 0.780. The summed E-state index contributed by atoms with van der Waals surface area (Å²) in [4.78, 5) is 23.8. The fourth-order valence-electron chi connectivity index (χ4n) is 2.63. The van der Waals surface area contributed by atoms with Crippen LogP contribution in [0.2, 0.25) is 0 Å². The van der Waals surface area contributed by atoms with Crippen LogP contribution in [0.1, 0.15) is 23.2 Å². The molecule has 1 amide bonds. The second-order valence-corrected chi connectivity index (χ2v) is 6.11. The van der Waals surface area contributed by atoms with Crippen LogP contribution in [0, 0.1) is 5.82 Å². The van der Waals surface area contributed by atoms with E-state index in [1.807, 2.05) is 0 Å². The molecule has 0 unspecified atom stereocenters. The highest BCUT2D eigenvalue weighted by atomic mass is 19.1. The Kier molecular flexibility index (Phi) is 6.38. The first-order valence-electron chi connectivity index (χ1n) is 8.67. The number of carbonyl (C=O) groups is 2. The first kappa shape index (κ1) is 18.8. The third kappa shape index (κ3) is 5.79. The molecule has 6 nitrogen and oxygen atoms in total. The minimum absolute atomic E-state index is 0.117. The van der Waals surface area contributed by atoms with E-state index >= 15 is 0 Å². The van der Waals surface area contributed by atoms with E-state index in [0.717, 1.165) is 19.4 Å². The van der Waals surface area contributed by atoms with E-state index < -0.39 is 24.3 Å². The largest absolute Gasteiger partial charge is 0.491 e. The molecule has 1 saturated heterocycles. The highest BCUT2D eigenvalue weighted by Gasteiger charge is 2.16. The Bertz CT molecular complexity index is 787. The Morgan fingerprint density at radius 2 is 2.00 bits per heavy atom. The Hall–Kier alpha value is -2.93. The number of nitrogens with one attached hydrogen (secondary N) is 1. The van der Waals surface area contributed by atoms with Crippen LogP contribution in [0.4, 0.5) is 10.1 Å². The fraction of sp³-hybridized carbons (Fsp3) is 0.300. The van der Waals surface area contributed by atoms with Crippen molar-refractivity contribution in [1.82, 2.24) is 0 Å². The van der Waals surface area contributed by atoms with Crippen molar-refractivity contribution in [2.45, 2.75) is 18.9 Å². The van der Waals surface area contributed by atoms with Gasteiger partial charge in [0.25, 0.3) is 5.91 Å². The Morgan fingerprint density at radius 1 is 1.19 bits per heavy atom. The zero-order valence-corrected chi connectivity index (χ0v) is 14.7. The lowest BCUT2D eigenvalue weighted by molar-refractivity contribution is -0.119. The minimum atomic E-state index is -0.630. The molecular formula is C20H20FNO5. The molecule has 1 fully saturated rings. The van der Waals surface area contributed by atoms with Crippen LogP contribution < -0.4 is 10.1 Å². The average molecular weight is 373 g/mol. The fourth-order valence-corrected chi connectivity index (χ4v) is 2.63. The molecule has 1 aliphatic rings. The monoisotopic (exact) mass is 373 g/mol. The van der Waals surface area contributed by atoms with E-state index in [0.29, 0.717) is 23.6 Å². The summed E-state index contributed by atoms with van der Waals surface area (Å²) in [5.41, 5.74) is 0.599. The van der Waals surface area contributed by atoms with Crippen LogP contribution in [0.5, 0.6) is 5.75 Å². The van der Waals surface area contributed by atoms with Crippen LogP contribution in [0.25, 0.3) is 0 Å². The van der Waals surface area contributed by atoms with Crippen LogP contribution in [-0.4, -0.2) is 37.8 Å². The minimum Gasteiger partial charge on any atom is -0.491 e. The molecule has 142 valence electrons. The number of carbonyl (C=O) groups excluding carboxylic acids is 2. The molecule has 2 aromatic carbocycles. The number of hydrogen-bond acceptors (Lipinski definition) is 5. The van der Waals surface area contributed by atoms with Gasteiger partial charge in [0.1, 0.15) is 18.2 Å². The summed E-state index contributed by atoms with van der Waals surface area (Å²) in [6.07, 6.45) is 2.15. The molecule has 1 heterocycles. The topological polar surface area (TPSA) is 73.9 Å². The van der Waals surface area contributed by atoms with E-state index in [1.54, 1.807) is 24.3 Å². The molecule has 7 heteroatoms. The van der Waals surface area contributed by atoms with Gasteiger partial charge in [0, 0.05) is 12.3 Å². The summed E-state index contributed by atoms with van der Waals surface area (Å²) in [5, 5.41) is 2.45. The lowest BCUT2D eigenvalue weighted by Gasteiger charge is -2.11. The van der Waals surface area contributed by atoms with Gasteiger partial charge in [-0.3, -0.25) is 4.79 Å². The van der Waals surface area contributed by atoms with Crippen molar-refractivity contribution in [3.05, 3.63) is 59.9 Å². The molecule has 0 spiro atoms. The van der Waals surface area contributed by atoms with Gasteiger partial charge in [-0.25, -0.2) is 9.18 Å². The lowest BCUT2D eigenvalue weighted by Crippen LogP contribution is -2.21. The summed E-state index contributed by atoms with van der Waals surface area (Å²) in [5.74, 6) is -1.02. The van der Waals surface area contributed by atoms with Crippen LogP contribution in [0.15, 0.2) is 48.5 Å². The standard InChI is InChI=1S/C20H20FNO5/c21-15-3-1-4-16(11-15)22-19(23)13-27-20(24)14-6-8-17(9-7-14)26-12-18-5-2-10-25-18/h1,3-4,6-9,11,18H,2,5,10,12-13H2,(H,22,23)/t18-/m1/s1. The maximum Gasteiger partial charge on any atom is 0.338 e. The molecule has 27 heavy (non-hydrogen) atoms. The van der Waals surface area contributed by atoms with E-state index in [1.165, 1.54) is 24.3 Å². The van der Waals surface area contributed by atoms with E-state index in [9.17, 15) is 14.0 Å². The number of amides is 1. The van der Waals surface area contributed by atoms with Gasteiger partial charge >= 0.3 is 5.97 Å². The Balaban J connectivity index is 1.43. The van der Waals surface area contributed by atoms with Gasteiger partial charge < -0.3 is 19.5 Å². The second kappa shape index (κ2) is 9.14. The Labute approximate surface area is 156 Å². The smallest absolute Gasteiger partial charge is 0.338 e. The first-order chi connectivity index (χ1) is 13.1. The molecule has 1 aliphatic heterocycles. The number of anilines is 1. The highest BCUT2D eigenvalue weighted by Crippen LogP contribution is 2.17. The SMILES string of the molecule is O=C(COC(=O)c1ccc(OC[C@H]2CCCO2)cc1)Nc1cccc(F)c1. The molecule has 1 atom stereocenters.